The van der Waals surface area contributed by atoms with Crippen molar-refractivity contribution in [2.24, 2.45) is 5.92 Å². The van der Waals surface area contributed by atoms with Gasteiger partial charge in [-0.2, -0.15) is 4.31 Å². The molecule has 6 nitrogen and oxygen atoms in total. The van der Waals surface area contributed by atoms with E-state index in [9.17, 15) is 8.42 Å². The average Bonchev–Trinajstić information content (AvgIpc) is 3.13. The fraction of sp³-hybridized carbons (Fsp3) is 0.714. The zero-order chi connectivity index (χ0) is 15.3. The van der Waals surface area contributed by atoms with Crippen LogP contribution in [0.5, 0.6) is 0 Å². The first-order chi connectivity index (χ1) is 10.1. The van der Waals surface area contributed by atoms with Gasteiger partial charge < -0.3 is 14.5 Å². The summed E-state index contributed by atoms with van der Waals surface area (Å²) in [6.07, 6.45) is 1.95. The number of sulfonamides is 1. The highest BCUT2D eigenvalue weighted by Gasteiger charge is 2.33. The maximum atomic E-state index is 12.5. The molecule has 1 N–H and O–H groups in total. The normalized spacial score (nSPS) is 20.2. The molecule has 1 aromatic heterocycles. The van der Waals surface area contributed by atoms with Crippen LogP contribution in [0.2, 0.25) is 0 Å². The molecule has 0 saturated carbocycles. The van der Waals surface area contributed by atoms with E-state index >= 15 is 0 Å². The van der Waals surface area contributed by atoms with Gasteiger partial charge in [0.15, 0.2) is 0 Å². The first kappa shape index (κ1) is 16.5. The van der Waals surface area contributed by atoms with Gasteiger partial charge in [-0.25, -0.2) is 8.42 Å². The van der Waals surface area contributed by atoms with Crippen LogP contribution >= 0.6 is 0 Å². The Balaban J connectivity index is 1.96. The van der Waals surface area contributed by atoms with Crippen molar-refractivity contribution < 1.29 is 17.6 Å². The lowest BCUT2D eigenvalue weighted by Crippen LogP contribution is -2.28. The van der Waals surface area contributed by atoms with Gasteiger partial charge in [-0.1, -0.05) is 13.3 Å². The van der Waals surface area contributed by atoms with Crippen molar-refractivity contribution in [1.82, 2.24) is 9.62 Å². The summed E-state index contributed by atoms with van der Waals surface area (Å²) in [5.74, 6) is 1.08. The van der Waals surface area contributed by atoms with Gasteiger partial charge in [-0.05, 0) is 24.5 Å². The first-order valence-corrected chi connectivity index (χ1v) is 8.80. The summed E-state index contributed by atoms with van der Waals surface area (Å²) in [6, 6.07) is 3.25. The number of ether oxygens (including phenoxy) is 1. The van der Waals surface area contributed by atoms with E-state index in [0.717, 1.165) is 12.8 Å². The quantitative estimate of drug-likeness (QED) is 0.735. The predicted octanol–water partition coefficient (Wildman–Crippen LogP) is 1.44. The zero-order valence-electron chi connectivity index (χ0n) is 12.7. The summed E-state index contributed by atoms with van der Waals surface area (Å²) in [5.41, 5.74) is 0. The van der Waals surface area contributed by atoms with Crippen LogP contribution in [0, 0.1) is 5.92 Å². The predicted molar refractivity (Wildman–Crippen MR) is 79.4 cm³/mol. The largest absolute Gasteiger partial charge is 0.447 e. The van der Waals surface area contributed by atoms with Crippen LogP contribution in [-0.4, -0.2) is 46.1 Å². The van der Waals surface area contributed by atoms with Crippen molar-refractivity contribution in [1.29, 1.82) is 0 Å². The molecule has 2 rings (SSSR count). The molecule has 0 bridgehead atoms. The molecule has 1 unspecified atom stereocenters. The molecule has 0 aliphatic carbocycles. The van der Waals surface area contributed by atoms with Crippen LogP contribution in [0.1, 0.15) is 25.5 Å². The van der Waals surface area contributed by atoms with Crippen LogP contribution < -0.4 is 5.32 Å². The summed E-state index contributed by atoms with van der Waals surface area (Å²) in [7, 11) is -1.84. The average molecular weight is 316 g/mol. The molecule has 1 fully saturated rings. The molecule has 1 atom stereocenters. The van der Waals surface area contributed by atoms with Gasteiger partial charge in [0.1, 0.15) is 5.76 Å². The lowest BCUT2D eigenvalue weighted by molar-refractivity contribution is 0.198. The van der Waals surface area contributed by atoms with Crippen molar-refractivity contribution in [3.63, 3.8) is 0 Å². The van der Waals surface area contributed by atoms with Gasteiger partial charge in [0.2, 0.25) is 5.09 Å². The summed E-state index contributed by atoms with van der Waals surface area (Å²) in [6.45, 7) is 5.08. The topological polar surface area (TPSA) is 71.8 Å². The van der Waals surface area contributed by atoms with E-state index in [0.29, 0.717) is 44.5 Å². The Kier molecular flexibility index (Phi) is 5.80. The minimum absolute atomic E-state index is 0.0443. The second-order valence-electron chi connectivity index (χ2n) is 5.32. The number of hydrogen-bond acceptors (Lipinski definition) is 5. The van der Waals surface area contributed by atoms with Crippen molar-refractivity contribution >= 4 is 10.0 Å². The van der Waals surface area contributed by atoms with Crippen LogP contribution in [0.15, 0.2) is 21.6 Å². The highest BCUT2D eigenvalue weighted by atomic mass is 32.2. The van der Waals surface area contributed by atoms with Gasteiger partial charge in [-0.3, -0.25) is 0 Å². The Morgan fingerprint density at radius 3 is 2.95 bits per heavy atom. The number of rotatable bonds is 8. The third kappa shape index (κ3) is 4.06. The molecular formula is C14H24N2O4S. The maximum absolute atomic E-state index is 12.5. The molecule has 0 radical (unpaired) electrons. The second kappa shape index (κ2) is 7.40. The minimum atomic E-state index is -3.48. The van der Waals surface area contributed by atoms with E-state index in [4.69, 9.17) is 9.15 Å². The Labute approximate surface area is 126 Å². The third-order valence-corrected chi connectivity index (χ3v) is 5.58. The highest BCUT2D eigenvalue weighted by Crippen LogP contribution is 2.26. The Morgan fingerprint density at radius 2 is 2.29 bits per heavy atom. The molecule has 1 aliphatic rings. The summed E-state index contributed by atoms with van der Waals surface area (Å²) >= 11 is 0. The minimum Gasteiger partial charge on any atom is -0.447 e. The molecule has 7 heteroatoms. The highest BCUT2D eigenvalue weighted by molar-refractivity contribution is 7.89. The smallest absolute Gasteiger partial charge is 0.276 e. The summed E-state index contributed by atoms with van der Waals surface area (Å²) < 4.78 is 36.9. The lowest BCUT2D eigenvalue weighted by atomic mass is 10.1. The Morgan fingerprint density at radius 1 is 1.48 bits per heavy atom. The van der Waals surface area contributed by atoms with Crippen molar-refractivity contribution in [3.05, 3.63) is 17.9 Å². The molecule has 1 aliphatic heterocycles. The van der Waals surface area contributed by atoms with Gasteiger partial charge in [-0.15, -0.1) is 0 Å². The van der Waals surface area contributed by atoms with Gasteiger partial charge >= 0.3 is 0 Å². The third-order valence-electron chi connectivity index (χ3n) is 3.84. The monoisotopic (exact) mass is 316 g/mol. The van der Waals surface area contributed by atoms with Crippen LogP contribution in [0.3, 0.4) is 0 Å². The number of nitrogens with zero attached hydrogens (tertiary/aromatic N) is 1. The molecule has 0 amide bonds. The fourth-order valence-electron chi connectivity index (χ4n) is 2.45. The lowest BCUT2D eigenvalue weighted by Gasteiger charge is -2.14. The van der Waals surface area contributed by atoms with E-state index < -0.39 is 10.0 Å². The number of hydrogen-bond donors (Lipinski definition) is 1. The standard InChI is InChI=1S/C14H24N2O4S/c1-3-12-6-8-16(11-12)21(17,18)14-5-4-13(20-14)10-15-7-9-19-2/h4-5,12,15H,3,6-11H2,1-2H3. The molecule has 0 spiro atoms. The summed E-state index contributed by atoms with van der Waals surface area (Å²) in [5, 5.41) is 3.17. The van der Waals surface area contributed by atoms with E-state index in [2.05, 4.69) is 12.2 Å². The number of methoxy groups -OCH3 is 1. The van der Waals surface area contributed by atoms with E-state index in [1.54, 1.807) is 19.2 Å². The molecule has 1 aromatic rings. The van der Waals surface area contributed by atoms with E-state index in [1.165, 1.54) is 4.31 Å². The van der Waals surface area contributed by atoms with Gasteiger partial charge in [0.05, 0.1) is 13.2 Å². The van der Waals surface area contributed by atoms with E-state index in [1.807, 2.05) is 0 Å². The van der Waals surface area contributed by atoms with Gasteiger partial charge in [0, 0.05) is 26.7 Å². The fourth-order valence-corrected chi connectivity index (χ4v) is 3.91. The van der Waals surface area contributed by atoms with E-state index in [-0.39, 0.29) is 5.09 Å². The molecule has 2 heterocycles. The zero-order valence-corrected chi connectivity index (χ0v) is 13.5. The van der Waals surface area contributed by atoms with Crippen LogP contribution in [0.4, 0.5) is 0 Å². The van der Waals surface area contributed by atoms with Crippen molar-refractivity contribution in [3.8, 4) is 0 Å². The second-order valence-corrected chi connectivity index (χ2v) is 7.19. The number of furan rings is 1. The molecular weight excluding hydrogens is 292 g/mol. The molecule has 21 heavy (non-hydrogen) atoms. The molecule has 1 saturated heterocycles. The van der Waals surface area contributed by atoms with Crippen molar-refractivity contribution in [2.45, 2.75) is 31.4 Å². The first-order valence-electron chi connectivity index (χ1n) is 7.36. The summed E-state index contributed by atoms with van der Waals surface area (Å²) in [4.78, 5) is 0. The van der Waals surface area contributed by atoms with Gasteiger partial charge in [0.25, 0.3) is 10.0 Å². The Hall–Kier alpha value is -0.890. The number of nitrogens with one attached hydrogen (secondary N) is 1. The van der Waals surface area contributed by atoms with Crippen LogP contribution in [-0.2, 0) is 21.3 Å². The SMILES string of the molecule is CCC1CCN(S(=O)(=O)c2ccc(CNCCOC)o2)C1. The molecule has 0 aromatic carbocycles. The maximum Gasteiger partial charge on any atom is 0.276 e. The van der Waals surface area contributed by atoms with Crippen LogP contribution in [0.25, 0.3) is 0 Å². The molecule has 120 valence electrons. The van der Waals surface area contributed by atoms with Crippen molar-refractivity contribution in [2.75, 3.05) is 33.4 Å². The Bertz CT molecular complexity index is 541.